The minimum absolute atomic E-state index is 0.0474. The highest BCUT2D eigenvalue weighted by Crippen LogP contribution is 2.61. The third-order valence-electron chi connectivity index (χ3n) is 7.50. The molecule has 162 valence electrons. The SMILES string of the molecule is CC(C)=CC1C(C(=O)N2CCCN(C(=O)C3C(C=C(C)C)C3(C)C)CC2)C1(C)C. The zero-order valence-electron chi connectivity index (χ0n) is 19.7. The van der Waals surface area contributed by atoms with Gasteiger partial charge in [-0.2, -0.15) is 0 Å². The van der Waals surface area contributed by atoms with Gasteiger partial charge < -0.3 is 9.80 Å². The van der Waals surface area contributed by atoms with E-state index in [0.717, 1.165) is 19.5 Å². The lowest BCUT2D eigenvalue weighted by atomic mass is 10.1. The molecule has 1 aliphatic heterocycles. The second kappa shape index (κ2) is 7.59. The largest absolute Gasteiger partial charge is 0.341 e. The number of hydrogen-bond acceptors (Lipinski definition) is 2. The summed E-state index contributed by atoms with van der Waals surface area (Å²) in [6.07, 6.45) is 5.39. The van der Waals surface area contributed by atoms with Crippen LogP contribution in [0, 0.1) is 34.5 Å². The summed E-state index contributed by atoms with van der Waals surface area (Å²) in [5, 5.41) is 0. The summed E-state index contributed by atoms with van der Waals surface area (Å²) in [5.74, 6) is 1.42. The Hall–Kier alpha value is -1.58. The molecule has 4 atom stereocenters. The number of rotatable bonds is 4. The van der Waals surface area contributed by atoms with Crippen molar-refractivity contribution in [2.24, 2.45) is 34.5 Å². The van der Waals surface area contributed by atoms with Gasteiger partial charge in [0, 0.05) is 26.2 Å². The quantitative estimate of drug-likeness (QED) is 0.651. The highest BCUT2D eigenvalue weighted by atomic mass is 16.2. The number of carbonyl (C=O) groups excluding carboxylic acids is 2. The van der Waals surface area contributed by atoms with Gasteiger partial charge in [-0.1, -0.05) is 51.0 Å². The molecule has 0 N–H and O–H groups in total. The maximum atomic E-state index is 13.2. The summed E-state index contributed by atoms with van der Waals surface area (Å²) >= 11 is 0. The third-order valence-corrected chi connectivity index (χ3v) is 7.50. The van der Waals surface area contributed by atoms with E-state index in [2.05, 4.69) is 67.5 Å². The molecule has 2 saturated carbocycles. The molecule has 4 unspecified atom stereocenters. The monoisotopic (exact) mass is 400 g/mol. The van der Waals surface area contributed by atoms with Gasteiger partial charge in [0.2, 0.25) is 11.8 Å². The molecule has 3 aliphatic rings. The number of amides is 2. The van der Waals surface area contributed by atoms with Crippen LogP contribution in [0.3, 0.4) is 0 Å². The molecular formula is C25H40N2O2. The third kappa shape index (κ3) is 4.18. The lowest BCUT2D eigenvalue weighted by Gasteiger charge is -2.23. The normalized spacial score (nSPS) is 32.1. The van der Waals surface area contributed by atoms with Crippen molar-refractivity contribution in [2.45, 2.75) is 61.8 Å². The van der Waals surface area contributed by atoms with Gasteiger partial charge in [-0.05, 0) is 56.8 Å². The van der Waals surface area contributed by atoms with Crippen LogP contribution in [-0.2, 0) is 9.59 Å². The van der Waals surface area contributed by atoms with E-state index in [1.54, 1.807) is 0 Å². The molecule has 4 nitrogen and oxygen atoms in total. The van der Waals surface area contributed by atoms with Gasteiger partial charge in [-0.3, -0.25) is 9.59 Å². The van der Waals surface area contributed by atoms with Crippen LogP contribution in [0.4, 0.5) is 0 Å². The Bertz CT molecular complexity index is 676. The molecule has 0 bridgehead atoms. The first kappa shape index (κ1) is 22.1. The molecule has 1 saturated heterocycles. The predicted octanol–water partition coefficient (Wildman–Crippen LogP) is 4.52. The van der Waals surface area contributed by atoms with Crippen LogP contribution >= 0.6 is 0 Å². The highest BCUT2D eigenvalue weighted by Gasteiger charge is 2.62. The van der Waals surface area contributed by atoms with Crippen LogP contribution < -0.4 is 0 Å². The van der Waals surface area contributed by atoms with Crippen LogP contribution in [0.2, 0.25) is 0 Å². The summed E-state index contributed by atoms with van der Waals surface area (Å²) in [7, 11) is 0. The standard InChI is InChI=1S/C25H40N2O2/c1-16(2)14-18-20(24(18,5)6)22(28)26-10-9-11-27(13-12-26)23(29)21-19(15-17(3)4)25(21,7)8/h14-15,18-21H,9-13H2,1-8H3. The van der Waals surface area contributed by atoms with E-state index in [1.807, 2.05) is 9.80 Å². The zero-order chi connectivity index (χ0) is 21.7. The fraction of sp³-hybridized carbons (Fsp3) is 0.760. The summed E-state index contributed by atoms with van der Waals surface area (Å²) in [5.41, 5.74) is 2.66. The van der Waals surface area contributed by atoms with E-state index >= 15 is 0 Å². The van der Waals surface area contributed by atoms with Crippen molar-refractivity contribution in [1.29, 1.82) is 0 Å². The Labute approximate surface area is 177 Å². The van der Waals surface area contributed by atoms with Gasteiger partial charge in [0.15, 0.2) is 0 Å². The second-order valence-electron chi connectivity index (χ2n) is 11.1. The van der Waals surface area contributed by atoms with Gasteiger partial charge in [0.25, 0.3) is 0 Å². The number of nitrogens with zero attached hydrogens (tertiary/aromatic N) is 2. The van der Waals surface area contributed by atoms with Crippen LogP contribution in [0.25, 0.3) is 0 Å². The summed E-state index contributed by atoms with van der Waals surface area (Å²) in [6, 6.07) is 0. The van der Waals surface area contributed by atoms with E-state index in [9.17, 15) is 9.59 Å². The predicted molar refractivity (Wildman–Crippen MR) is 118 cm³/mol. The molecular weight excluding hydrogens is 360 g/mol. The zero-order valence-corrected chi connectivity index (χ0v) is 19.7. The molecule has 2 aliphatic carbocycles. The molecule has 0 spiro atoms. The van der Waals surface area contributed by atoms with E-state index in [4.69, 9.17) is 0 Å². The Morgan fingerprint density at radius 1 is 0.690 bits per heavy atom. The summed E-state index contributed by atoms with van der Waals surface area (Å²) in [4.78, 5) is 30.4. The van der Waals surface area contributed by atoms with Crippen molar-refractivity contribution in [1.82, 2.24) is 9.80 Å². The minimum Gasteiger partial charge on any atom is -0.341 e. The fourth-order valence-corrected chi connectivity index (χ4v) is 5.39. The topological polar surface area (TPSA) is 40.6 Å². The molecule has 0 aromatic heterocycles. The first-order valence-electron chi connectivity index (χ1n) is 11.3. The lowest BCUT2D eigenvalue weighted by molar-refractivity contribution is -0.135. The van der Waals surface area contributed by atoms with Gasteiger partial charge in [-0.15, -0.1) is 0 Å². The molecule has 0 aromatic rings. The van der Waals surface area contributed by atoms with Crippen LogP contribution in [0.1, 0.15) is 61.8 Å². The number of allylic oxidation sites excluding steroid dienone is 4. The number of hydrogen-bond donors (Lipinski definition) is 0. The Kier molecular flexibility index (Phi) is 5.79. The van der Waals surface area contributed by atoms with Crippen molar-refractivity contribution >= 4 is 11.8 Å². The van der Waals surface area contributed by atoms with E-state index < -0.39 is 0 Å². The Morgan fingerprint density at radius 2 is 1.03 bits per heavy atom. The van der Waals surface area contributed by atoms with Crippen molar-refractivity contribution < 1.29 is 9.59 Å². The van der Waals surface area contributed by atoms with Gasteiger partial charge in [0.1, 0.15) is 0 Å². The van der Waals surface area contributed by atoms with E-state index in [1.165, 1.54) is 11.1 Å². The first-order chi connectivity index (χ1) is 13.4. The summed E-state index contributed by atoms with van der Waals surface area (Å²) in [6.45, 7) is 20.1. The fourth-order valence-electron chi connectivity index (χ4n) is 5.39. The van der Waals surface area contributed by atoms with Gasteiger partial charge in [-0.25, -0.2) is 0 Å². The second-order valence-corrected chi connectivity index (χ2v) is 11.1. The van der Waals surface area contributed by atoms with E-state index in [-0.39, 0.29) is 34.5 Å². The minimum atomic E-state index is 0.0474. The molecule has 3 rings (SSSR count). The first-order valence-corrected chi connectivity index (χ1v) is 11.3. The molecule has 0 radical (unpaired) electrons. The average molecular weight is 401 g/mol. The Morgan fingerprint density at radius 3 is 1.34 bits per heavy atom. The molecule has 3 fully saturated rings. The molecule has 2 amide bonds. The van der Waals surface area contributed by atoms with Gasteiger partial charge >= 0.3 is 0 Å². The number of carbonyl (C=O) groups is 2. The molecule has 4 heteroatoms. The maximum absolute atomic E-state index is 13.2. The lowest BCUT2D eigenvalue weighted by Crippen LogP contribution is -2.39. The van der Waals surface area contributed by atoms with Crippen molar-refractivity contribution in [2.75, 3.05) is 26.2 Å². The van der Waals surface area contributed by atoms with Crippen LogP contribution in [-0.4, -0.2) is 47.8 Å². The molecule has 0 aromatic carbocycles. The maximum Gasteiger partial charge on any atom is 0.226 e. The molecule has 1 heterocycles. The van der Waals surface area contributed by atoms with Gasteiger partial charge in [0.05, 0.1) is 11.8 Å². The smallest absolute Gasteiger partial charge is 0.226 e. The molecule has 29 heavy (non-hydrogen) atoms. The van der Waals surface area contributed by atoms with E-state index in [0.29, 0.717) is 24.9 Å². The average Bonchev–Trinajstić information content (AvgIpc) is 3.39. The van der Waals surface area contributed by atoms with Crippen LogP contribution in [0.15, 0.2) is 23.3 Å². The summed E-state index contributed by atoms with van der Waals surface area (Å²) < 4.78 is 0. The van der Waals surface area contributed by atoms with Crippen molar-refractivity contribution in [3.05, 3.63) is 23.3 Å². The Balaban J connectivity index is 1.61. The van der Waals surface area contributed by atoms with Crippen molar-refractivity contribution in [3.63, 3.8) is 0 Å². The van der Waals surface area contributed by atoms with Crippen LogP contribution in [0.5, 0.6) is 0 Å². The van der Waals surface area contributed by atoms with Crippen molar-refractivity contribution in [3.8, 4) is 0 Å². The highest BCUT2D eigenvalue weighted by molar-refractivity contribution is 5.85.